The highest BCUT2D eigenvalue weighted by molar-refractivity contribution is 6.08. The van der Waals surface area contributed by atoms with Crippen LogP contribution in [0.2, 0.25) is 0 Å². The van der Waals surface area contributed by atoms with Crippen molar-refractivity contribution in [1.29, 1.82) is 0 Å². The van der Waals surface area contributed by atoms with Crippen molar-refractivity contribution in [2.75, 3.05) is 22.9 Å². The lowest BCUT2D eigenvalue weighted by Gasteiger charge is -2.09. The highest BCUT2D eigenvalue weighted by atomic mass is 14.7. The minimum Gasteiger partial charge on any atom is -0.397 e. The van der Waals surface area contributed by atoms with Crippen LogP contribution in [-0.4, -0.2) is 0 Å². The summed E-state index contributed by atoms with van der Waals surface area (Å²) in [7, 11) is 0. The van der Waals surface area contributed by atoms with Gasteiger partial charge in [0.15, 0.2) is 0 Å². The second-order valence-corrected chi connectivity index (χ2v) is 3.24. The summed E-state index contributed by atoms with van der Waals surface area (Å²) in [5.74, 6) is 0. The van der Waals surface area contributed by atoms with Gasteiger partial charge in [0, 0.05) is 5.39 Å². The normalized spacial score (nSPS) is 10.6. The van der Waals surface area contributed by atoms with Crippen molar-refractivity contribution in [2.24, 2.45) is 0 Å². The molecule has 4 nitrogen and oxygen atoms in total. The molecule has 0 aliphatic rings. The van der Waals surface area contributed by atoms with Gasteiger partial charge in [-0.25, -0.2) is 0 Å². The summed E-state index contributed by atoms with van der Waals surface area (Å²) >= 11 is 0. The molecule has 0 spiro atoms. The van der Waals surface area contributed by atoms with Crippen molar-refractivity contribution >= 4 is 33.5 Å². The molecular weight excluding hydrogens is 176 g/mol. The minimum atomic E-state index is 0.493. The molecule has 0 saturated carbocycles. The zero-order chi connectivity index (χ0) is 10.3. The molecule has 0 heterocycles. The predicted molar refractivity (Wildman–Crippen MR) is 61.6 cm³/mol. The Morgan fingerprint density at radius 1 is 0.643 bits per heavy atom. The van der Waals surface area contributed by atoms with Crippen LogP contribution >= 0.6 is 0 Å². The van der Waals surface area contributed by atoms with Crippen molar-refractivity contribution in [3.8, 4) is 0 Å². The first-order chi connectivity index (χ1) is 6.61. The van der Waals surface area contributed by atoms with Crippen molar-refractivity contribution in [3.05, 3.63) is 24.3 Å². The number of nitrogen functional groups attached to an aromatic ring is 4. The third-order valence-corrected chi connectivity index (χ3v) is 2.33. The van der Waals surface area contributed by atoms with Crippen LogP contribution < -0.4 is 22.9 Å². The topological polar surface area (TPSA) is 104 Å². The van der Waals surface area contributed by atoms with E-state index in [0.717, 1.165) is 10.8 Å². The molecule has 2 aromatic carbocycles. The standard InChI is InChI=1S/C10H12N4/c11-6-3-1-5-2-4-7(12)10(14)8(5)9(6)13/h1-4H,11-14H2. The molecule has 0 aliphatic heterocycles. The molecule has 0 bridgehead atoms. The van der Waals surface area contributed by atoms with E-state index in [9.17, 15) is 0 Å². The highest BCUT2D eigenvalue weighted by Crippen LogP contribution is 2.34. The van der Waals surface area contributed by atoms with Crippen LogP contribution in [0.25, 0.3) is 10.8 Å². The Morgan fingerprint density at radius 3 is 1.50 bits per heavy atom. The molecule has 2 rings (SSSR count). The quantitative estimate of drug-likeness (QED) is 0.466. The first-order valence-corrected chi connectivity index (χ1v) is 4.23. The lowest BCUT2D eigenvalue weighted by molar-refractivity contribution is 1.68. The summed E-state index contributed by atoms with van der Waals surface area (Å²) in [4.78, 5) is 0. The molecule has 0 unspecified atom stereocenters. The summed E-state index contributed by atoms with van der Waals surface area (Å²) in [6, 6.07) is 7.26. The van der Waals surface area contributed by atoms with E-state index < -0.39 is 0 Å². The summed E-state index contributed by atoms with van der Waals surface area (Å²) in [5.41, 5.74) is 25.1. The van der Waals surface area contributed by atoms with Crippen LogP contribution in [0.5, 0.6) is 0 Å². The van der Waals surface area contributed by atoms with E-state index in [1.165, 1.54) is 0 Å². The Bertz CT molecular complexity index is 462. The van der Waals surface area contributed by atoms with Gasteiger partial charge in [-0.3, -0.25) is 0 Å². The SMILES string of the molecule is Nc1ccc2ccc(N)c(N)c2c1N. The molecule has 0 amide bonds. The van der Waals surface area contributed by atoms with E-state index in [1.807, 2.05) is 12.1 Å². The maximum atomic E-state index is 5.83. The maximum absolute atomic E-state index is 5.83. The Hall–Kier alpha value is -2.10. The molecule has 0 radical (unpaired) electrons. The molecule has 0 fully saturated rings. The largest absolute Gasteiger partial charge is 0.397 e. The number of rotatable bonds is 0. The average Bonchev–Trinajstić information content (AvgIpc) is 2.17. The third kappa shape index (κ3) is 1.01. The number of hydrogen-bond acceptors (Lipinski definition) is 4. The summed E-state index contributed by atoms with van der Waals surface area (Å²) < 4.78 is 0. The van der Waals surface area contributed by atoms with Gasteiger partial charge in [0.05, 0.1) is 22.7 Å². The molecule has 4 heteroatoms. The van der Waals surface area contributed by atoms with E-state index in [0.29, 0.717) is 22.7 Å². The van der Waals surface area contributed by atoms with Crippen LogP contribution in [0, 0.1) is 0 Å². The zero-order valence-electron chi connectivity index (χ0n) is 7.62. The Balaban J connectivity index is 2.98. The van der Waals surface area contributed by atoms with Gasteiger partial charge in [0.2, 0.25) is 0 Å². The Labute approximate surface area is 81.5 Å². The molecule has 8 N–H and O–H groups in total. The summed E-state index contributed by atoms with van der Waals surface area (Å²) in [5, 5.41) is 1.69. The Morgan fingerprint density at radius 2 is 1.07 bits per heavy atom. The van der Waals surface area contributed by atoms with Gasteiger partial charge >= 0.3 is 0 Å². The fraction of sp³-hybridized carbons (Fsp3) is 0. The third-order valence-electron chi connectivity index (χ3n) is 2.33. The van der Waals surface area contributed by atoms with Gasteiger partial charge in [-0.1, -0.05) is 12.1 Å². The molecule has 0 aromatic heterocycles. The van der Waals surface area contributed by atoms with E-state index in [1.54, 1.807) is 12.1 Å². The molecule has 0 atom stereocenters. The summed E-state index contributed by atoms with van der Waals surface area (Å²) in [6.45, 7) is 0. The van der Waals surface area contributed by atoms with Crippen molar-refractivity contribution in [2.45, 2.75) is 0 Å². The van der Waals surface area contributed by atoms with Crippen LogP contribution in [0.4, 0.5) is 22.7 Å². The molecule has 0 aliphatic carbocycles. The van der Waals surface area contributed by atoms with Gasteiger partial charge in [-0.05, 0) is 17.5 Å². The average molecular weight is 188 g/mol. The van der Waals surface area contributed by atoms with Gasteiger partial charge in [0.1, 0.15) is 0 Å². The molecule has 14 heavy (non-hydrogen) atoms. The minimum absolute atomic E-state index is 0.493. The van der Waals surface area contributed by atoms with E-state index in [4.69, 9.17) is 22.9 Å². The number of hydrogen-bond donors (Lipinski definition) is 4. The van der Waals surface area contributed by atoms with Crippen LogP contribution in [0.1, 0.15) is 0 Å². The van der Waals surface area contributed by atoms with Gasteiger partial charge in [-0.15, -0.1) is 0 Å². The number of fused-ring (bicyclic) bond motifs is 1. The van der Waals surface area contributed by atoms with Crippen molar-refractivity contribution in [1.82, 2.24) is 0 Å². The van der Waals surface area contributed by atoms with Crippen molar-refractivity contribution < 1.29 is 0 Å². The zero-order valence-corrected chi connectivity index (χ0v) is 7.62. The van der Waals surface area contributed by atoms with Crippen LogP contribution in [0.15, 0.2) is 24.3 Å². The van der Waals surface area contributed by atoms with Crippen molar-refractivity contribution in [3.63, 3.8) is 0 Å². The molecule has 0 saturated heterocycles. The number of nitrogens with two attached hydrogens (primary N) is 4. The Kier molecular flexibility index (Phi) is 1.64. The van der Waals surface area contributed by atoms with E-state index >= 15 is 0 Å². The number of benzene rings is 2. The van der Waals surface area contributed by atoms with Gasteiger partial charge < -0.3 is 22.9 Å². The summed E-state index contributed by atoms with van der Waals surface area (Å²) in [6.07, 6.45) is 0. The van der Waals surface area contributed by atoms with Crippen LogP contribution in [-0.2, 0) is 0 Å². The smallest absolute Gasteiger partial charge is 0.0649 e. The second-order valence-electron chi connectivity index (χ2n) is 3.24. The molecule has 2 aromatic rings. The first-order valence-electron chi connectivity index (χ1n) is 4.23. The number of anilines is 4. The van der Waals surface area contributed by atoms with E-state index in [-0.39, 0.29) is 0 Å². The van der Waals surface area contributed by atoms with Crippen LogP contribution in [0.3, 0.4) is 0 Å². The van der Waals surface area contributed by atoms with Gasteiger partial charge in [-0.2, -0.15) is 0 Å². The predicted octanol–water partition coefficient (Wildman–Crippen LogP) is 1.17. The lowest BCUT2D eigenvalue weighted by Crippen LogP contribution is -2.00. The fourth-order valence-corrected chi connectivity index (χ4v) is 1.51. The van der Waals surface area contributed by atoms with Gasteiger partial charge in [0.25, 0.3) is 0 Å². The molecule has 72 valence electrons. The van der Waals surface area contributed by atoms with E-state index in [2.05, 4.69) is 0 Å². The lowest BCUT2D eigenvalue weighted by atomic mass is 10.0. The maximum Gasteiger partial charge on any atom is 0.0649 e. The first kappa shape index (κ1) is 8.50. The molecular formula is C10H12N4. The fourth-order valence-electron chi connectivity index (χ4n) is 1.51. The monoisotopic (exact) mass is 188 g/mol. The highest BCUT2D eigenvalue weighted by Gasteiger charge is 2.07. The second kappa shape index (κ2) is 2.70.